The first-order chi connectivity index (χ1) is 8.02. The van der Waals surface area contributed by atoms with Crippen molar-refractivity contribution in [3.05, 3.63) is 34.5 Å². The molecular formula is C15H17NO. The lowest BCUT2D eigenvalue weighted by atomic mass is 9.90. The van der Waals surface area contributed by atoms with Gasteiger partial charge in [-0.2, -0.15) is 0 Å². The van der Waals surface area contributed by atoms with Gasteiger partial charge >= 0.3 is 0 Å². The summed E-state index contributed by atoms with van der Waals surface area (Å²) in [6.45, 7) is 6.76. The second-order valence-electron chi connectivity index (χ2n) is 5.95. The van der Waals surface area contributed by atoms with Crippen LogP contribution in [0.3, 0.4) is 0 Å². The molecule has 0 spiro atoms. The number of hydrogen-bond acceptors (Lipinski definition) is 1. The monoisotopic (exact) mass is 227 g/mol. The van der Waals surface area contributed by atoms with Gasteiger partial charge in [0.15, 0.2) is 6.29 Å². The average Bonchev–Trinajstić information content (AvgIpc) is 2.78. The van der Waals surface area contributed by atoms with Crippen molar-refractivity contribution in [2.24, 2.45) is 5.41 Å². The van der Waals surface area contributed by atoms with Gasteiger partial charge in [-0.25, -0.2) is 0 Å². The van der Waals surface area contributed by atoms with Gasteiger partial charge in [0.2, 0.25) is 0 Å². The van der Waals surface area contributed by atoms with Crippen LogP contribution < -0.4 is 0 Å². The largest absolute Gasteiger partial charge is 0.360 e. The maximum absolute atomic E-state index is 11.1. The number of carbonyl (C=O) groups excluding carboxylic acids is 1. The van der Waals surface area contributed by atoms with Crippen LogP contribution in [0.1, 0.15) is 40.9 Å². The lowest BCUT2D eigenvalue weighted by Crippen LogP contribution is -2.09. The number of carbonyl (C=O) groups is 1. The minimum absolute atomic E-state index is 0.318. The highest BCUT2D eigenvalue weighted by molar-refractivity contribution is 6.00. The lowest BCUT2D eigenvalue weighted by molar-refractivity contribution is 0.112. The van der Waals surface area contributed by atoms with Crippen molar-refractivity contribution < 1.29 is 4.79 Å². The van der Waals surface area contributed by atoms with Gasteiger partial charge in [-0.15, -0.1) is 0 Å². The Morgan fingerprint density at radius 1 is 1.29 bits per heavy atom. The molecule has 2 heteroatoms. The van der Waals surface area contributed by atoms with Crippen molar-refractivity contribution >= 4 is 17.2 Å². The third kappa shape index (κ3) is 1.43. The van der Waals surface area contributed by atoms with Crippen LogP contribution in [-0.4, -0.2) is 11.3 Å². The molecule has 0 fully saturated rings. The van der Waals surface area contributed by atoms with Crippen molar-refractivity contribution in [1.82, 2.24) is 4.98 Å². The summed E-state index contributed by atoms with van der Waals surface area (Å²) in [6.07, 6.45) is 4.97. The molecule has 0 atom stereocenters. The number of rotatable bonds is 1. The Balaban J connectivity index is 2.38. The number of nitrogens with one attached hydrogen (secondary N) is 1. The smallest absolute Gasteiger partial charge is 0.152 e. The summed E-state index contributed by atoms with van der Waals surface area (Å²) in [5, 5.41) is 1.14. The zero-order valence-electron chi connectivity index (χ0n) is 10.6. The van der Waals surface area contributed by atoms with Crippen LogP contribution in [0, 0.1) is 12.3 Å². The van der Waals surface area contributed by atoms with Crippen LogP contribution in [0.2, 0.25) is 0 Å². The average molecular weight is 227 g/mol. The molecule has 0 radical (unpaired) electrons. The van der Waals surface area contributed by atoms with E-state index in [1.807, 2.05) is 6.20 Å². The van der Waals surface area contributed by atoms with Gasteiger partial charge in [-0.05, 0) is 47.9 Å². The molecule has 0 amide bonds. The lowest BCUT2D eigenvalue weighted by Gasteiger charge is -2.15. The van der Waals surface area contributed by atoms with E-state index in [1.54, 1.807) is 0 Å². The molecule has 3 rings (SSSR count). The summed E-state index contributed by atoms with van der Waals surface area (Å²) in [4.78, 5) is 14.3. The van der Waals surface area contributed by atoms with E-state index in [1.165, 1.54) is 16.7 Å². The summed E-state index contributed by atoms with van der Waals surface area (Å²) in [7, 11) is 0. The number of aldehydes is 1. The van der Waals surface area contributed by atoms with Crippen molar-refractivity contribution in [1.29, 1.82) is 0 Å². The Hall–Kier alpha value is -1.57. The molecule has 0 aliphatic heterocycles. The Morgan fingerprint density at radius 3 is 2.71 bits per heavy atom. The van der Waals surface area contributed by atoms with Crippen molar-refractivity contribution in [2.75, 3.05) is 0 Å². The molecule has 1 N–H and O–H groups in total. The van der Waals surface area contributed by atoms with E-state index in [9.17, 15) is 4.79 Å². The summed E-state index contributed by atoms with van der Waals surface area (Å²) in [5.74, 6) is 0. The summed E-state index contributed by atoms with van der Waals surface area (Å²) < 4.78 is 0. The van der Waals surface area contributed by atoms with Crippen molar-refractivity contribution in [3.63, 3.8) is 0 Å². The second-order valence-corrected chi connectivity index (χ2v) is 5.95. The van der Waals surface area contributed by atoms with E-state index in [0.717, 1.165) is 35.6 Å². The predicted octanol–water partition coefficient (Wildman–Crippen LogP) is 3.41. The quantitative estimate of drug-likeness (QED) is 0.744. The number of H-pyrrole nitrogens is 1. The molecule has 0 unspecified atom stereocenters. The maximum atomic E-state index is 11.1. The zero-order valence-corrected chi connectivity index (χ0v) is 10.6. The van der Waals surface area contributed by atoms with Gasteiger partial charge in [-0.1, -0.05) is 13.8 Å². The van der Waals surface area contributed by atoms with E-state index in [-0.39, 0.29) is 0 Å². The molecule has 0 saturated carbocycles. The van der Waals surface area contributed by atoms with Crippen LogP contribution >= 0.6 is 0 Å². The summed E-state index contributed by atoms with van der Waals surface area (Å²) in [6, 6.07) is 2.17. The van der Waals surface area contributed by atoms with E-state index in [0.29, 0.717) is 5.41 Å². The molecule has 0 bridgehead atoms. The number of aryl methyl sites for hydroxylation is 1. The van der Waals surface area contributed by atoms with Crippen LogP contribution in [-0.2, 0) is 12.8 Å². The Bertz CT molecular complexity index is 619. The number of hydrogen-bond donors (Lipinski definition) is 1. The van der Waals surface area contributed by atoms with Crippen LogP contribution in [0.25, 0.3) is 10.9 Å². The van der Waals surface area contributed by atoms with Gasteiger partial charge in [0.1, 0.15) is 0 Å². The molecule has 1 aliphatic rings. The first-order valence-corrected chi connectivity index (χ1v) is 6.09. The SMILES string of the molecule is Cc1cc2[nH]cc(C=O)c2c2c1CC(C)(C)C2. The third-order valence-corrected chi connectivity index (χ3v) is 3.88. The Morgan fingerprint density at radius 2 is 2.00 bits per heavy atom. The number of aromatic nitrogens is 1. The molecule has 1 aliphatic carbocycles. The van der Waals surface area contributed by atoms with Gasteiger partial charge < -0.3 is 4.98 Å². The molecule has 0 saturated heterocycles. The first kappa shape index (κ1) is 10.6. The molecule has 2 aromatic rings. The molecule has 2 nitrogen and oxygen atoms in total. The molecule has 17 heavy (non-hydrogen) atoms. The highest BCUT2D eigenvalue weighted by Gasteiger charge is 2.31. The predicted molar refractivity (Wildman–Crippen MR) is 69.6 cm³/mol. The second kappa shape index (κ2) is 3.22. The van der Waals surface area contributed by atoms with Crippen LogP contribution in [0.5, 0.6) is 0 Å². The maximum Gasteiger partial charge on any atom is 0.152 e. The normalized spacial score (nSPS) is 17.4. The summed E-state index contributed by atoms with van der Waals surface area (Å²) >= 11 is 0. The fourth-order valence-electron chi connectivity index (χ4n) is 3.15. The fourth-order valence-corrected chi connectivity index (χ4v) is 3.15. The van der Waals surface area contributed by atoms with E-state index < -0.39 is 0 Å². The fraction of sp³-hybridized carbons (Fsp3) is 0.400. The van der Waals surface area contributed by atoms with Crippen molar-refractivity contribution in [2.45, 2.75) is 33.6 Å². The van der Waals surface area contributed by atoms with Gasteiger partial charge in [0, 0.05) is 22.7 Å². The number of fused-ring (bicyclic) bond motifs is 3. The first-order valence-electron chi connectivity index (χ1n) is 6.09. The molecular weight excluding hydrogens is 210 g/mol. The molecule has 1 aromatic carbocycles. The number of benzene rings is 1. The number of aromatic amines is 1. The Labute approximate surface area is 101 Å². The van der Waals surface area contributed by atoms with Crippen molar-refractivity contribution in [3.8, 4) is 0 Å². The standard InChI is InChI=1S/C15H17NO/c1-9-4-13-14(10(8-17)7-16-13)12-6-15(2,3)5-11(9)12/h4,7-8,16H,5-6H2,1-3H3. The molecule has 1 aromatic heterocycles. The topological polar surface area (TPSA) is 32.9 Å². The summed E-state index contributed by atoms with van der Waals surface area (Å²) in [5.41, 5.74) is 6.39. The van der Waals surface area contributed by atoms with E-state index >= 15 is 0 Å². The van der Waals surface area contributed by atoms with Crippen LogP contribution in [0.15, 0.2) is 12.3 Å². The van der Waals surface area contributed by atoms with Crippen LogP contribution in [0.4, 0.5) is 0 Å². The minimum Gasteiger partial charge on any atom is -0.360 e. The zero-order chi connectivity index (χ0) is 12.2. The highest BCUT2D eigenvalue weighted by Crippen LogP contribution is 2.42. The van der Waals surface area contributed by atoms with E-state index in [4.69, 9.17) is 0 Å². The Kier molecular flexibility index (Phi) is 2.00. The van der Waals surface area contributed by atoms with Gasteiger partial charge in [0.05, 0.1) is 0 Å². The highest BCUT2D eigenvalue weighted by atomic mass is 16.1. The molecule has 88 valence electrons. The van der Waals surface area contributed by atoms with Gasteiger partial charge in [0.25, 0.3) is 0 Å². The minimum atomic E-state index is 0.318. The van der Waals surface area contributed by atoms with Gasteiger partial charge in [-0.3, -0.25) is 4.79 Å². The van der Waals surface area contributed by atoms with E-state index in [2.05, 4.69) is 31.8 Å². The third-order valence-electron chi connectivity index (χ3n) is 3.88. The molecule has 1 heterocycles.